The van der Waals surface area contributed by atoms with Crippen LogP contribution in [0.15, 0.2) is 30.3 Å². The molecular weight excluding hydrogens is 252 g/mol. The van der Waals surface area contributed by atoms with Crippen LogP contribution in [-0.4, -0.2) is 37.2 Å². The topological polar surface area (TPSA) is 41.6 Å². The number of unbranched alkanes of at least 4 members (excludes halogenated alkanes) is 2. The highest BCUT2D eigenvalue weighted by Gasteiger charge is 2.11. The van der Waals surface area contributed by atoms with E-state index in [9.17, 15) is 4.79 Å². The molecule has 0 unspecified atom stereocenters. The monoisotopic (exact) mass is 278 g/mol. The lowest BCUT2D eigenvalue weighted by Gasteiger charge is -2.22. The molecule has 0 fully saturated rings. The summed E-state index contributed by atoms with van der Waals surface area (Å²) in [7, 11) is 0. The smallest absolute Gasteiger partial charge is 0.317 e. The number of carbonyl (C=O) groups excluding carboxylic acids is 1. The molecule has 0 heterocycles. The van der Waals surface area contributed by atoms with Gasteiger partial charge in [0.05, 0.1) is 6.54 Å². The van der Waals surface area contributed by atoms with Crippen molar-refractivity contribution in [1.82, 2.24) is 10.2 Å². The maximum absolute atomic E-state index is 11.9. The first-order valence-electron chi connectivity index (χ1n) is 7.48. The average molecular weight is 278 g/mol. The fraction of sp³-hybridized carbons (Fsp3) is 0.562. The SMILES string of the molecule is CCCCCN(CCOc1ccccc1)C(=O)NCC. The van der Waals surface area contributed by atoms with Crippen LogP contribution >= 0.6 is 0 Å². The van der Waals surface area contributed by atoms with Gasteiger partial charge in [-0.3, -0.25) is 0 Å². The highest BCUT2D eigenvalue weighted by atomic mass is 16.5. The van der Waals surface area contributed by atoms with Crippen LogP contribution in [0.25, 0.3) is 0 Å². The lowest BCUT2D eigenvalue weighted by molar-refractivity contribution is 0.181. The van der Waals surface area contributed by atoms with Crippen molar-refractivity contribution >= 4 is 6.03 Å². The van der Waals surface area contributed by atoms with Crippen LogP contribution in [0.2, 0.25) is 0 Å². The number of carbonyl (C=O) groups is 1. The molecule has 0 aliphatic heterocycles. The molecule has 0 spiro atoms. The Morgan fingerprint density at radius 2 is 1.90 bits per heavy atom. The predicted molar refractivity (Wildman–Crippen MR) is 82.1 cm³/mol. The summed E-state index contributed by atoms with van der Waals surface area (Å²) in [6.45, 7) is 6.68. The molecule has 0 aliphatic carbocycles. The molecule has 4 nitrogen and oxygen atoms in total. The van der Waals surface area contributed by atoms with E-state index in [0.29, 0.717) is 19.7 Å². The van der Waals surface area contributed by atoms with Gasteiger partial charge in [-0.25, -0.2) is 4.79 Å². The molecule has 20 heavy (non-hydrogen) atoms. The van der Waals surface area contributed by atoms with Gasteiger partial charge in [-0.1, -0.05) is 38.0 Å². The van der Waals surface area contributed by atoms with Crippen molar-refractivity contribution in [2.45, 2.75) is 33.1 Å². The number of amides is 2. The van der Waals surface area contributed by atoms with Crippen LogP contribution in [0.1, 0.15) is 33.1 Å². The third kappa shape index (κ3) is 6.45. The largest absolute Gasteiger partial charge is 0.492 e. The lowest BCUT2D eigenvalue weighted by atomic mass is 10.2. The molecule has 1 rings (SSSR count). The fourth-order valence-electron chi connectivity index (χ4n) is 1.92. The van der Waals surface area contributed by atoms with Crippen molar-refractivity contribution in [3.05, 3.63) is 30.3 Å². The number of hydrogen-bond donors (Lipinski definition) is 1. The van der Waals surface area contributed by atoms with E-state index in [-0.39, 0.29) is 6.03 Å². The molecule has 0 saturated heterocycles. The van der Waals surface area contributed by atoms with Gasteiger partial charge >= 0.3 is 6.03 Å². The minimum Gasteiger partial charge on any atom is -0.492 e. The number of ether oxygens (including phenoxy) is 1. The van der Waals surface area contributed by atoms with Crippen LogP contribution in [-0.2, 0) is 0 Å². The molecule has 0 aromatic heterocycles. The number of nitrogens with one attached hydrogen (secondary N) is 1. The van der Waals surface area contributed by atoms with Gasteiger partial charge < -0.3 is 15.0 Å². The van der Waals surface area contributed by atoms with E-state index in [4.69, 9.17) is 4.74 Å². The molecule has 0 radical (unpaired) electrons. The first-order valence-corrected chi connectivity index (χ1v) is 7.48. The van der Waals surface area contributed by atoms with Gasteiger partial charge in [-0.05, 0) is 25.5 Å². The van der Waals surface area contributed by atoms with Gasteiger partial charge in [0.1, 0.15) is 12.4 Å². The average Bonchev–Trinajstić information content (AvgIpc) is 2.47. The Morgan fingerprint density at radius 1 is 1.15 bits per heavy atom. The Kier molecular flexibility index (Phi) is 8.27. The van der Waals surface area contributed by atoms with Gasteiger partial charge in [0.2, 0.25) is 0 Å². The van der Waals surface area contributed by atoms with E-state index in [0.717, 1.165) is 31.6 Å². The van der Waals surface area contributed by atoms with Crippen molar-refractivity contribution in [3.63, 3.8) is 0 Å². The second kappa shape index (κ2) is 10.1. The Hall–Kier alpha value is -1.71. The van der Waals surface area contributed by atoms with E-state index < -0.39 is 0 Å². The van der Waals surface area contributed by atoms with Gasteiger partial charge in [-0.15, -0.1) is 0 Å². The summed E-state index contributed by atoms with van der Waals surface area (Å²) in [4.78, 5) is 13.8. The highest BCUT2D eigenvalue weighted by molar-refractivity contribution is 5.74. The second-order valence-electron chi connectivity index (χ2n) is 4.69. The zero-order chi connectivity index (χ0) is 14.6. The van der Waals surface area contributed by atoms with E-state index in [1.54, 1.807) is 0 Å². The van der Waals surface area contributed by atoms with Crippen molar-refractivity contribution in [2.75, 3.05) is 26.2 Å². The zero-order valence-electron chi connectivity index (χ0n) is 12.6. The van der Waals surface area contributed by atoms with Crippen LogP contribution < -0.4 is 10.1 Å². The van der Waals surface area contributed by atoms with Gasteiger partial charge in [0.25, 0.3) is 0 Å². The van der Waals surface area contributed by atoms with E-state index in [1.807, 2.05) is 42.2 Å². The van der Waals surface area contributed by atoms with Crippen LogP contribution in [0, 0.1) is 0 Å². The molecule has 1 aromatic carbocycles. The first-order chi connectivity index (χ1) is 9.77. The van der Waals surface area contributed by atoms with Crippen molar-refractivity contribution in [2.24, 2.45) is 0 Å². The normalized spacial score (nSPS) is 10.1. The number of nitrogens with zero attached hydrogens (tertiary/aromatic N) is 1. The molecule has 0 saturated carbocycles. The molecule has 0 atom stereocenters. The van der Waals surface area contributed by atoms with Crippen molar-refractivity contribution < 1.29 is 9.53 Å². The molecule has 4 heteroatoms. The minimum atomic E-state index is 0.000245. The van der Waals surface area contributed by atoms with Gasteiger partial charge in [0.15, 0.2) is 0 Å². The summed E-state index contributed by atoms with van der Waals surface area (Å²) in [6.07, 6.45) is 3.35. The number of rotatable bonds is 9. The predicted octanol–water partition coefficient (Wildman–Crippen LogP) is 3.29. The van der Waals surface area contributed by atoms with Gasteiger partial charge in [-0.2, -0.15) is 0 Å². The number of urea groups is 1. The molecular formula is C16H26N2O2. The number of para-hydroxylation sites is 1. The molecule has 1 aromatic rings. The summed E-state index contributed by atoms with van der Waals surface area (Å²) in [5.74, 6) is 0.844. The van der Waals surface area contributed by atoms with Crippen molar-refractivity contribution in [1.29, 1.82) is 0 Å². The Labute approximate surface area is 122 Å². The Balaban J connectivity index is 2.36. The minimum absolute atomic E-state index is 0.000245. The third-order valence-electron chi connectivity index (χ3n) is 3.02. The summed E-state index contributed by atoms with van der Waals surface area (Å²) < 4.78 is 5.65. The van der Waals surface area contributed by atoms with E-state index >= 15 is 0 Å². The molecule has 1 N–H and O–H groups in total. The van der Waals surface area contributed by atoms with Crippen LogP contribution in [0.3, 0.4) is 0 Å². The molecule has 0 aliphatic rings. The van der Waals surface area contributed by atoms with Crippen LogP contribution in [0.5, 0.6) is 5.75 Å². The summed E-state index contributed by atoms with van der Waals surface area (Å²) in [6, 6.07) is 9.69. The first kappa shape index (κ1) is 16.3. The van der Waals surface area contributed by atoms with Crippen LogP contribution in [0.4, 0.5) is 4.79 Å². The number of benzene rings is 1. The molecule has 112 valence electrons. The Bertz CT molecular complexity index is 368. The second-order valence-corrected chi connectivity index (χ2v) is 4.69. The quantitative estimate of drug-likeness (QED) is 0.704. The number of hydrogen-bond acceptors (Lipinski definition) is 2. The fourth-order valence-corrected chi connectivity index (χ4v) is 1.92. The summed E-state index contributed by atoms with van der Waals surface area (Å²) in [5, 5.41) is 2.85. The maximum atomic E-state index is 11.9. The summed E-state index contributed by atoms with van der Waals surface area (Å²) >= 11 is 0. The standard InChI is InChI=1S/C16H26N2O2/c1-3-5-9-12-18(16(19)17-4-2)13-14-20-15-10-7-6-8-11-15/h6-8,10-11H,3-5,9,12-14H2,1-2H3,(H,17,19). The van der Waals surface area contributed by atoms with E-state index in [2.05, 4.69) is 12.2 Å². The zero-order valence-corrected chi connectivity index (χ0v) is 12.6. The van der Waals surface area contributed by atoms with Gasteiger partial charge in [0, 0.05) is 13.1 Å². The maximum Gasteiger partial charge on any atom is 0.317 e. The van der Waals surface area contributed by atoms with E-state index in [1.165, 1.54) is 0 Å². The van der Waals surface area contributed by atoms with Crippen molar-refractivity contribution in [3.8, 4) is 5.75 Å². The summed E-state index contributed by atoms with van der Waals surface area (Å²) in [5.41, 5.74) is 0. The molecule has 2 amide bonds. The lowest BCUT2D eigenvalue weighted by Crippen LogP contribution is -2.42. The molecule has 0 bridgehead atoms. The highest BCUT2D eigenvalue weighted by Crippen LogP contribution is 2.08. The Morgan fingerprint density at radius 3 is 2.55 bits per heavy atom. The third-order valence-corrected chi connectivity index (χ3v) is 3.02.